The summed E-state index contributed by atoms with van der Waals surface area (Å²) in [5.74, 6) is 0.0475. The zero-order chi connectivity index (χ0) is 18.6. The molecule has 1 amide bonds. The minimum absolute atomic E-state index is 0.0843. The summed E-state index contributed by atoms with van der Waals surface area (Å²) >= 11 is 0. The van der Waals surface area contributed by atoms with Crippen molar-refractivity contribution in [3.8, 4) is 0 Å². The number of hydrogen-bond donors (Lipinski definition) is 0. The van der Waals surface area contributed by atoms with Crippen LogP contribution in [0, 0.1) is 5.92 Å². The number of carbonyl (C=O) groups excluding carboxylic acids is 1. The highest BCUT2D eigenvalue weighted by Gasteiger charge is 2.31. The third-order valence-corrected chi connectivity index (χ3v) is 6.09. The Bertz CT molecular complexity index is 678. The van der Waals surface area contributed by atoms with Crippen LogP contribution in [0.15, 0.2) is 24.3 Å². The number of nitrogens with zero attached hydrogens (tertiary/aromatic N) is 3. The monoisotopic (exact) mass is 367 g/mol. The van der Waals surface area contributed by atoms with Crippen molar-refractivity contribution in [2.24, 2.45) is 5.92 Å². The summed E-state index contributed by atoms with van der Waals surface area (Å²) in [6.45, 7) is 4.10. The first-order chi connectivity index (χ1) is 11.7. The van der Waals surface area contributed by atoms with Crippen molar-refractivity contribution < 1.29 is 13.2 Å². The smallest absolute Gasteiger partial charge is 0.226 e. The first-order valence-corrected chi connectivity index (χ1v) is 10.6. The molecule has 0 unspecified atom stereocenters. The maximum Gasteiger partial charge on any atom is 0.226 e. The summed E-state index contributed by atoms with van der Waals surface area (Å²) in [6.07, 6.45) is 2.43. The van der Waals surface area contributed by atoms with Gasteiger partial charge in [-0.1, -0.05) is 12.1 Å². The Labute approximate surface area is 151 Å². The van der Waals surface area contributed by atoms with Gasteiger partial charge in [0.15, 0.2) is 0 Å². The molecule has 0 aromatic heterocycles. The highest BCUT2D eigenvalue weighted by Crippen LogP contribution is 2.22. The minimum Gasteiger partial charge on any atom is -0.378 e. The van der Waals surface area contributed by atoms with E-state index >= 15 is 0 Å². The first-order valence-electron chi connectivity index (χ1n) is 8.72. The van der Waals surface area contributed by atoms with E-state index in [-0.39, 0.29) is 11.8 Å². The third kappa shape index (κ3) is 5.19. The van der Waals surface area contributed by atoms with Gasteiger partial charge in [0.1, 0.15) is 0 Å². The molecule has 7 heteroatoms. The number of hydrogen-bond acceptors (Lipinski definition) is 4. The molecule has 0 aliphatic carbocycles. The molecule has 0 atom stereocenters. The van der Waals surface area contributed by atoms with E-state index in [2.05, 4.69) is 24.3 Å². The molecule has 0 N–H and O–H groups in total. The van der Waals surface area contributed by atoms with Gasteiger partial charge in [0.25, 0.3) is 0 Å². The molecule has 0 saturated carbocycles. The zero-order valence-electron chi connectivity index (χ0n) is 15.6. The largest absolute Gasteiger partial charge is 0.378 e. The topological polar surface area (TPSA) is 60.9 Å². The lowest BCUT2D eigenvalue weighted by Gasteiger charge is -2.32. The molecule has 140 valence electrons. The Hall–Kier alpha value is -1.60. The molecule has 1 aliphatic heterocycles. The average molecular weight is 368 g/mol. The van der Waals surface area contributed by atoms with Crippen LogP contribution in [0.4, 0.5) is 5.69 Å². The molecule has 25 heavy (non-hydrogen) atoms. The maximum atomic E-state index is 12.8. The summed E-state index contributed by atoms with van der Waals surface area (Å²) in [6, 6.07) is 8.21. The van der Waals surface area contributed by atoms with E-state index in [1.807, 2.05) is 30.8 Å². The molecule has 1 aliphatic rings. The van der Waals surface area contributed by atoms with Crippen molar-refractivity contribution >= 4 is 21.6 Å². The number of benzene rings is 1. The summed E-state index contributed by atoms with van der Waals surface area (Å²) in [4.78, 5) is 16.7. The van der Waals surface area contributed by atoms with Crippen LogP contribution in [0.5, 0.6) is 0 Å². The Morgan fingerprint density at radius 3 is 2.16 bits per heavy atom. The van der Waals surface area contributed by atoms with Crippen LogP contribution in [0.2, 0.25) is 0 Å². The molecule has 1 aromatic carbocycles. The van der Waals surface area contributed by atoms with Gasteiger partial charge in [-0.15, -0.1) is 0 Å². The quantitative estimate of drug-likeness (QED) is 0.769. The van der Waals surface area contributed by atoms with Gasteiger partial charge in [0.05, 0.1) is 6.26 Å². The Morgan fingerprint density at radius 2 is 1.72 bits per heavy atom. The van der Waals surface area contributed by atoms with Crippen LogP contribution in [-0.2, 0) is 21.4 Å². The number of anilines is 1. The van der Waals surface area contributed by atoms with Crippen molar-refractivity contribution in [2.75, 3.05) is 44.9 Å². The molecule has 2 rings (SSSR count). The van der Waals surface area contributed by atoms with Crippen LogP contribution in [-0.4, -0.2) is 63.5 Å². The second kappa shape index (κ2) is 8.19. The summed E-state index contributed by atoms with van der Waals surface area (Å²) in [5, 5.41) is 0. The fraction of sp³-hybridized carbons (Fsp3) is 0.611. The van der Waals surface area contributed by atoms with Crippen LogP contribution in [0.3, 0.4) is 0 Å². The molecule has 0 spiro atoms. The molecule has 1 fully saturated rings. The van der Waals surface area contributed by atoms with Gasteiger partial charge in [-0.05, 0) is 37.5 Å². The first kappa shape index (κ1) is 19.7. The molecular formula is C18H29N3O3S. The van der Waals surface area contributed by atoms with E-state index in [0.717, 1.165) is 11.3 Å². The fourth-order valence-corrected chi connectivity index (χ4v) is 4.03. The molecule has 1 saturated heterocycles. The lowest BCUT2D eigenvalue weighted by Crippen LogP contribution is -2.43. The van der Waals surface area contributed by atoms with Crippen molar-refractivity contribution in [2.45, 2.75) is 26.3 Å². The van der Waals surface area contributed by atoms with E-state index in [9.17, 15) is 13.2 Å². The number of rotatable bonds is 6. The summed E-state index contributed by atoms with van der Waals surface area (Å²) in [5.41, 5.74) is 2.24. The zero-order valence-corrected chi connectivity index (χ0v) is 16.4. The number of piperidine rings is 1. The Balaban J connectivity index is 1.97. The highest BCUT2D eigenvalue weighted by molar-refractivity contribution is 7.88. The fourth-order valence-electron chi connectivity index (χ4n) is 3.16. The number of amides is 1. The summed E-state index contributed by atoms with van der Waals surface area (Å²) in [7, 11) is 0.843. The standard InChI is InChI=1S/C18H29N3O3S/c1-5-20(14-15-6-8-17(9-7-15)19(2)3)18(22)16-10-12-21(13-11-16)25(4,23)24/h6-9,16H,5,10-14H2,1-4H3. The molecule has 6 nitrogen and oxygen atoms in total. The maximum absolute atomic E-state index is 12.8. The third-order valence-electron chi connectivity index (χ3n) is 4.79. The Morgan fingerprint density at radius 1 is 1.16 bits per heavy atom. The molecule has 0 bridgehead atoms. The second-order valence-corrected chi connectivity index (χ2v) is 8.83. The van der Waals surface area contributed by atoms with Gasteiger partial charge >= 0.3 is 0 Å². The van der Waals surface area contributed by atoms with Crippen LogP contribution >= 0.6 is 0 Å². The van der Waals surface area contributed by atoms with Crippen LogP contribution < -0.4 is 4.90 Å². The van der Waals surface area contributed by atoms with Gasteiger partial charge < -0.3 is 9.80 Å². The predicted molar refractivity (Wildman–Crippen MR) is 101 cm³/mol. The number of carbonyl (C=O) groups is 1. The van der Waals surface area contributed by atoms with Gasteiger partial charge in [0.2, 0.25) is 15.9 Å². The van der Waals surface area contributed by atoms with Crippen molar-refractivity contribution in [3.63, 3.8) is 0 Å². The number of sulfonamides is 1. The SMILES string of the molecule is CCN(Cc1ccc(N(C)C)cc1)C(=O)C1CCN(S(C)(=O)=O)CC1. The van der Waals surface area contributed by atoms with E-state index in [4.69, 9.17) is 0 Å². The van der Waals surface area contributed by atoms with Gasteiger partial charge in [0, 0.05) is 51.9 Å². The van der Waals surface area contributed by atoms with Gasteiger partial charge in [-0.25, -0.2) is 12.7 Å². The lowest BCUT2D eigenvalue weighted by molar-refractivity contribution is -0.137. The molecule has 1 aromatic rings. The van der Waals surface area contributed by atoms with Crippen LogP contribution in [0.25, 0.3) is 0 Å². The van der Waals surface area contributed by atoms with Crippen LogP contribution in [0.1, 0.15) is 25.3 Å². The predicted octanol–water partition coefficient (Wildman–Crippen LogP) is 1.77. The van der Waals surface area contributed by atoms with Gasteiger partial charge in [-0.3, -0.25) is 4.79 Å². The van der Waals surface area contributed by atoms with E-state index in [0.29, 0.717) is 39.0 Å². The van der Waals surface area contributed by atoms with E-state index in [1.165, 1.54) is 10.6 Å². The van der Waals surface area contributed by atoms with Crippen molar-refractivity contribution in [1.82, 2.24) is 9.21 Å². The van der Waals surface area contributed by atoms with Crippen molar-refractivity contribution in [3.05, 3.63) is 29.8 Å². The highest BCUT2D eigenvalue weighted by atomic mass is 32.2. The van der Waals surface area contributed by atoms with E-state index in [1.54, 1.807) is 0 Å². The van der Waals surface area contributed by atoms with E-state index < -0.39 is 10.0 Å². The Kier molecular flexibility index (Phi) is 6.46. The lowest BCUT2D eigenvalue weighted by atomic mass is 9.96. The minimum atomic E-state index is -3.16. The summed E-state index contributed by atoms with van der Waals surface area (Å²) < 4.78 is 24.7. The van der Waals surface area contributed by atoms with Gasteiger partial charge in [-0.2, -0.15) is 0 Å². The molecule has 0 radical (unpaired) electrons. The average Bonchev–Trinajstić information content (AvgIpc) is 2.59. The van der Waals surface area contributed by atoms with Crippen molar-refractivity contribution in [1.29, 1.82) is 0 Å². The second-order valence-electron chi connectivity index (χ2n) is 6.85. The molecule has 1 heterocycles. The molecular weight excluding hydrogens is 338 g/mol. The normalized spacial score (nSPS) is 16.6.